The summed E-state index contributed by atoms with van der Waals surface area (Å²) in [6, 6.07) is 0. The summed E-state index contributed by atoms with van der Waals surface area (Å²) in [6.45, 7) is 6.60. The second-order valence-electron chi connectivity index (χ2n) is 19.2. The van der Waals surface area contributed by atoms with Crippen LogP contribution in [0.2, 0.25) is 0 Å². The Labute approximate surface area is 404 Å². The monoisotopic (exact) mass is 913 g/mol. The maximum atomic E-state index is 12.8. The lowest BCUT2D eigenvalue weighted by Gasteiger charge is -2.18. The van der Waals surface area contributed by atoms with Crippen molar-refractivity contribution in [2.45, 2.75) is 309 Å². The molecule has 0 rings (SSSR count). The number of hydrogen-bond acceptors (Lipinski definition) is 6. The fraction of sp³-hybridized carbons (Fsp3) is 0.847. The van der Waals surface area contributed by atoms with Crippen LogP contribution in [0.1, 0.15) is 303 Å². The Balaban J connectivity index is 4.30. The molecule has 0 saturated heterocycles. The number of rotatable bonds is 52. The van der Waals surface area contributed by atoms with Crippen molar-refractivity contribution in [2.24, 2.45) is 0 Å². The van der Waals surface area contributed by atoms with Crippen LogP contribution < -0.4 is 0 Å². The molecule has 0 heterocycles. The van der Waals surface area contributed by atoms with Crippen LogP contribution in [-0.4, -0.2) is 37.2 Å². The smallest absolute Gasteiger partial charge is 0.306 e. The molecule has 380 valence electrons. The van der Waals surface area contributed by atoms with Gasteiger partial charge in [0.05, 0.1) is 0 Å². The van der Waals surface area contributed by atoms with E-state index in [1.165, 1.54) is 199 Å². The summed E-state index contributed by atoms with van der Waals surface area (Å²) in [6.07, 6.45) is 64.2. The number of hydrogen-bond donors (Lipinski definition) is 0. The van der Waals surface area contributed by atoms with Gasteiger partial charge in [0.15, 0.2) is 6.10 Å². The van der Waals surface area contributed by atoms with Crippen LogP contribution >= 0.6 is 0 Å². The maximum Gasteiger partial charge on any atom is 0.306 e. The minimum Gasteiger partial charge on any atom is -0.462 e. The van der Waals surface area contributed by atoms with Gasteiger partial charge < -0.3 is 14.2 Å². The van der Waals surface area contributed by atoms with E-state index in [1.807, 2.05) is 0 Å². The molecule has 0 aliphatic heterocycles. The molecule has 0 aromatic heterocycles. The van der Waals surface area contributed by atoms with Gasteiger partial charge in [0.2, 0.25) is 0 Å². The van der Waals surface area contributed by atoms with E-state index < -0.39 is 6.10 Å². The molecule has 0 aromatic rings. The second kappa shape index (κ2) is 54.2. The van der Waals surface area contributed by atoms with Crippen LogP contribution in [0, 0.1) is 0 Å². The summed E-state index contributed by atoms with van der Waals surface area (Å²) in [5, 5.41) is 0. The van der Waals surface area contributed by atoms with Crippen LogP contribution in [0.5, 0.6) is 0 Å². The molecule has 6 heteroatoms. The van der Waals surface area contributed by atoms with E-state index in [9.17, 15) is 14.4 Å². The summed E-state index contributed by atoms with van der Waals surface area (Å²) >= 11 is 0. The highest BCUT2D eigenvalue weighted by Crippen LogP contribution is 2.17. The predicted octanol–water partition coefficient (Wildman–Crippen LogP) is 18.9. The Morgan fingerprint density at radius 2 is 0.569 bits per heavy atom. The first-order valence-corrected chi connectivity index (χ1v) is 28.5. The lowest BCUT2D eigenvalue weighted by atomic mass is 10.0. The van der Waals surface area contributed by atoms with Gasteiger partial charge in [-0.15, -0.1) is 0 Å². The van der Waals surface area contributed by atoms with Gasteiger partial charge in [0, 0.05) is 19.3 Å². The van der Waals surface area contributed by atoms with Gasteiger partial charge in [0.25, 0.3) is 0 Å². The Morgan fingerprint density at radius 3 is 0.938 bits per heavy atom. The first kappa shape index (κ1) is 62.6. The van der Waals surface area contributed by atoms with Crippen molar-refractivity contribution in [2.75, 3.05) is 13.2 Å². The maximum absolute atomic E-state index is 12.8. The largest absolute Gasteiger partial charge is 0.462 e. The van der Waals surface area contributed by atoms with Crippen LogP contribution in [0.3, 0.4) is 0 Å². The number of unbranched alkanes of at least 4 members (excludes halogenated alkanes) is 36. The lowest BCUT2D eigenvalue weighted by molar-refractivity contribution is -0.167. The average molecular weight is 914 g/mol. The summed E-state index contributed by atoms with van der Waals surface area (Å²) < 4.78 is 16.8. The molecular formula is C59H108O6. The molecule has 0 radical (unpaired) electrons. The molecule has 1 unspecified atom stereocenters. The molecule has 0 fully saturated rings. The number of allylic oxidation sites excluding steroid dienone is 6. The number of carbonyl (C=O) groups is 3. The van der Waals surface area contributed by atoms with E-state index in [0.717, 1.165) is 64.2 Å². The van der Waals surface area contributed by atoms with Gasteiger partial charge >= 0.3 is 17.9 Å². The van der Waals surface area contributed by atoms with Crippen molar-refractivity contribution in [1.29, 1.82) is 0 Å². The van der Waals surface area contributed by atoms with Gasteiger partial charge in [-0.1, -0.05) is 256 Å². The topological polar surface area (TPSA) is 78.9 Å². The molecule has 65 heavy (non-hydrogen) atoms. The summed E-state index contributed by atoms with van der Waals surface area (Å²) in [5.74, 6) is -0.870. The highest BCUT2D eigenvalue weighted by Gasteiger charge is 2.19. The molecule has 0 aliphatic rings. The minimum absolute atomic E-state index is 0.0732. The first-order valence-electron chi connectivity index (χ1n) is 28.5. The zero-order valence-electron chi connectivity index (χ0n) is 43.5. The molecule has 0 aliphatic carbocycles. The van der Waals surface area contributed by atoms with Crippen molar-refractivity contribution >= 4 is 17.9 Å². The molecule has 0 bridgehead atoms. The highest BCUT2D eigenvalue weighted by atomic mass is 16.6. The van der Waals surface area contributed by atoms with E-state index in [4.69, 9.17) is 14.2 Å². The normalized spacial score (nSPS) is 12.2. The predicted molar refractivity (Wildman–Crippen MR) is 279 cm³/mol. The van der Waals surface area contributed by atoms with E-state index >= 15 is 0 Å². The third-order valence-electron chi connectivity index (χ3n) is 12.6. The van der Waals surface area contributed by atoms with E-state index in [0.29, 0.717) is 19.3 Å². The standard InChI is InChI=1S/C59H108O6/c1-4-7-10-13-16-19-22-24-26-28-29-31-32-34-37-40-43-46-49-52-58(61)64-55-56(54-63-57(60)51-48-45-42-39-36-21-18-15-12-9-6-3)65-59(62)53-50-47-44-41-38-35-33-30-27-25-23-20-17-14-11-8-5-2/h15-16,18-19,22,24,56H,4-14,17,20-21,23,25-55H2,1-3H3/b18-15-,19-16-,24-22-. The quantitative estimate of drug-likeness (QED) is 0.0199. The average Bonchev–Trinajstić information content (AvgIpc) is 3.30. The third-order valence-corrected chi connectivity index (χ3v) is 12.6. The molecule has 0 saturated carbocycles. The van der Waals surface area contributed by atoms with Gasteiger partial charge in [0.1, 0.15) is 13.2 Å². The Morgan fingerprint density at radius 1 is 0.308 bits per heavy atom. The van der Waals surface area contributed by atoms with Gasteiger partial charge in [-0.3, -0.25) is 14.4 Å². The van der Waals surface area contributed by atoms with E-state index in [2.05, 4.69) is 57.2 Å². The number of ether oxygens (including phenoxy) is 3. The Kier molecular flexibility index (Phi) is 52.3. The zero-order valence-corrected chi connectivity index (χ0v) is 43.5. The Bertz CT molecular complexity index is 1090. The third kappa shape index (κ3) is 52.5. The summed E-state index contributed by atoms with van der Waals surface area (Å²) in [7, 11) is 0. The van der Waals surface area contributed by atoms with Crippen LogP contribution in [0.15, 0.2) is 36.5 Å². The van der Waals surface area contributed by atoms with Gasteiger partial charge in [-0.25, -0.2) is 0 Å². The Hall–Kier alpha value is -2.37. The molecule has 0 aromatic carbocycles. The second-order valence-corrected chi connectivity index (χ2v) is 19.2. The van der Waals surface area contributed by atoms with Gasteiger partial charge in [-0.05, 0) is 64.2 Å². The summed E-state index contributed by atoms with van der Waals surface area (Å²) in [4.78, 5) is 38.1. The van der Waals surface area contributed by atoms with Gasteiger partial charge in [-0.2, -0.15) is 0 Å². The van der Waals surface area contributed by atoms with Crippen molar-refractivity contribution in [1.82, 2.24) is 0 Å². The number of esters is 3. The lowest BCUT2D eigenvalue weighted by Crippen LogP contribution is -2.30. The SMILES string of the molecule is CCCC/C=C\CCCCCCCC(=O)OCC(COC(=O)CCCCCCCCCCCC/C=C\C=C/CCCCC)OC(=O)CCCCCCCCCCCCCCCCCCC. The minimum atomic E-state index is -0.773. The van der Waals surface area contributed by atoms with Crippen molar-refractivity contribution in [3.05, 3.63) is 36.5 Å². The van der Waals surface area contributed by atoms with Crippen molar-refractivity contribution in [3.63, 3.8) is 0 Å². The van der Waals surface area contributed by atoms with Crippen LogP contribution in [0.25, 0.3) is 0 Å². The fourth-order valence-electron chi connectivity index (χ4n) is 8.30. The van der Waals surface area contributed by atoms with Crippen LogP contribution in [-0.2, 0) is 28.6 Å². The van der Waals surface area contributed by atoms with Crippen molar-refractivity contribution < 1.29 is 28.6 Å². The highest BCUT2D eigenvalue weighted by molar-refractivity contribution is 5.71. The molecule has 6 nitrogen and oxygen atoms in total. The first-order chi connectivity index (χ1) is 32.0. The molecular weight excluding hydrogens is 805 g/mol. The number of carbonyl (C=O) groups excluding carboxylic acids is 3. The molecule has 1 atom stereocenters. The van der Waals surface area contributed by atoms with Crippen LogP contribution in [0.4, 0.5) is 0 Å². The van der Waals surface area contributed by atoms with E-state index in [1.54, 1.807) is 0 Å². The fourth-order valence-corrected chi connectivity index (χ4v) is 8.30. The summed E-state index contributed by atoms with van der Waals surface area (Å²) in [5.41, 5.74) is 0. The molecule has 0 N–H and O–H groups in total. The molecule has 0 amide bonds. The molecule has 0 spiro atoms. The zero-order chi connectivity index (χ0) is 47.2. The van der Waals surface area contributed by atoms with E-state index in [-0.39, 0.29) is 31.1 Å². The van der Waals surface area contributed by atoms with Crippen molar-refractivity contribution in [3.8, 4) is 0 Å².